The molecule has 0 N–H and O–H groups in total. The fourth-order valence-corrected chi connectivity index (χ4v) is 1.66. The van der Waals surface area contributed by atoms with Gasteiger partial charge in [0.25, 0.3) is 0 Å². The third kappa shape index (κ3) is 4.70. The number of rotatable bonds is 4. The normalized spacial score (nSPS) is 12.4. The molecule has 0 heterocycles. The first-order valence-electron chi connectivity index (χ1n) is 2.87. The molecule has 0 aromatic heterocycles. The van der Waals surface area contributed by atoms with Crippen molar-refractivity contribution < 1.29 is 0 Å². The summed E-state index contributed by atoms with van der Waals surface area (Å²) in [6.07, 6.45) is 7.36. The molecule has 0 aromatic carbocycles. The SMILES string of the molecule is C=C/C=N\C(=C/C)SSC. The lowest BCUT2D eigenvalue weighted by atomic mass is 10.7. The van der Waals surface area contributed by atoms with Crippen molar-refractivity contribution in [3.8, 4) is 0 Å². The van der Waals surface area contributed by atoms with Crippen molar-refractivity contribution in [3.05, 3.63) is 23.8 Å². The van der Waals surface area contributed by atoms with Gasteiger partial charge in [0, 0.05) is 6.21 Å². The van der Waals surface area contributed by atoms with Crippen LogP contribution in [-0.4, -0.2) is 12.5 Å². The van der Waals surface area contributed by atoms with Crippen LogP contribution in [0.5, 0.6) is 0 Å². The van der Waals surface area contributed by atoms with E-state index in [4.69, 9.17) is 0 Å². The molecular formula is C7H11NS2. The minimum absolute atomic E-state index is 1.02. The van der Waals surface area contributed by atoms with E-state index in [2.05, 4.69) is 11.6 Å². The molecule has 0 saturated heterocycles. The summed E-state index contributed by atoms with van der Waals surface area (Å²) < 4.78 is 0. The fraction of sp³-hybridized carbons (Fsp3) is 0.286. The monoisotopic (exact) mass is 173 g/mol. The Balaban J connectivity index is 3.84. The van der Waals surface area contributed by atoms with Crippen LogP contribution in [0, 0.1) is 0 Å². The Bertz CT molecular complexity index is 150. The number of nitrogens with zero attached hydrogens (tertiary/aromatic N) is 1. The van der Waals surface area contributed by atoms with Crippen LogP contribution in [0.1, 0.15) is 6.92 Å². The lowest BCUT2D eigenvalue weighted by Gasteiger charge is -1.93. The number of allylic oxidation sites excluding steroid dienone is 2. The van der Waals surface area contributed by atoms with Gasteiger partial charge in [-0.2, -0.15) is 0 Å². The molecule has 0 radical (unpaired) electrons. The van der Waals surface area contributed by atoms with Crippen LogP contribution in [0.3, 0.4) is 0 Å². The van der Waals surface area contributed by atoms with Gasteiger partial charge in [0.15, 0.2) is 0 Å². The molecule has 0 aliphatic carbocycles. The van der Waals surface area contributed by atoms with Crippen LogP contribution in [0.25, 0.3) is 0 Å². The average molecular weight is 173 g/mol. The van der Waals surface area contributed by atoms with Gasteiger partial charge >= 0.3 is 0 Å². The van der Waals surface area contributed by atoms with Crippen LogP contribution in [-0.2, 0) is 0 Å². The van der Waals surface area contributed by atoms with Crippen molar-refractivity contribution in [2.24, 2.45) is 4.99 Å². The van der Waals surface area contributed by atoms with Crippen LogP contribution < -0.4 is 0 Å². The van der Waals surface area contributed by atoms with Crippen molar-refractivity contribution >= 4 is 27.8 Å². The zero-order valence-electron chi connectivity index (χ0n) is 6.20. The van der Waals surface area contributed by atoms with Crippen molar-refractivity contribution in [3.63, 3.8) is 0 Å². The average Bonchev–Trinajstić information content (AvgIpc) is 1.98. The van der Waals surface area contributed by atoms with E-state index in [1.54, 1.807) is 33.9 Å². The van der Waals surface area contributed by atoms with Gasteiger partial charge in [-0.25, -0.2) is 4.99 Å². The van der Waals surface area contributed by atoms with Crippen LogP contribution >= 0.6 is 21.6 Å². The summed E-state index contributed by atoms with van der Waals surface area (Å²) in [5, 5.41) is 1.02. The van der Waals surface area contributed by atoms with E-state index >= 15 is 0 Å². The molecule has 0 unspecified atom stereocenters. The van der Waals surface area contributed by atoms with E-state index in [0.717, 1.165) is 5.03 Å². The minimum atomic E-state index is 1.02. The Labute approximate surface area is 70.1 Å². The molecule has 3 heteroatoms. The predicted octanol–water partition coefficient (Wildman–Crippen LogP) is 3.12. The van der Waals surface area contributed by atoms with E-state index in [1.807, 2.05) is 19.3 Å². The van der Waals surface area contributed by atoms with Gasteiger partial charge in [0.1, 0.15) is 5.03 Å². The van der Waals surface area contributed by atoms with Gasteiger partial charge in [0.2, 0.25) is 0 Å². The van der Waals surface area contributed by atoms with Gasteiger partial charge in [-0.05, 0) is 24.0 Å². The summed E-state index contributed by atoms with van der Waals surface area (Å²) >= 11 is 0. The summed E-state index contributed by atoms with van der Waals surface area (Å²) in [4.78, 5) is 4.11. The molecule has 0 aliphatic rings. The highest BCUT2D eigenvalue weighted by Gasteiger charge is 1.87. The summed E-state index contributed by atoms with van der Waals surface area (Å²) in [5.41, 5.74) is 0. The van der Waals surface area contributed by atoms with Gasteiger partial charge in [-0.15, -0.1) is 0 Å². The molecule has 10 heavy (non-hydrogen) atoms. The Morgan fingerprint density at radius 2 is 2.30 bits per heavy atom. The Kier molecular flexibility index (Phi) is 6.86. The van der Waals surface area contributed by atoms with E-state index in [9.17, 15) is 0 Å². The Hall–Kier alpha value is -0.150. The highest BCUT2D eigenvalue weighted by atomic mass is 33.1. The lowest BCUT2D eigenvalue weighted by molar-refractivity contribution is 1.51. The van der Waals surface area contributed by atoms with Crippen molar-refractivity contribution in [1.82, 2.24) is 0 Å². The Morgan fingerprint density at radius 1 is 1.60 bits per heavy atom. The summed E-state index contributed by atoms with van der Waals surface area (Å²) in [5.74, 6) is 0. The lowest BCUT2D eigenvalue weighted by Crippen LogP contribution is -1.67. The van der Waals surface area contributed by atoms with E-state index in [-0.39, 0.29) is 0 Å². The maximum absolute atomic E-state index is 4.11. The molecule has 0 atom stereocenters. The molecule has 0 saturated carbocycles. The molecule has 1 nitrogen and oxygen atoms in total. The van der Waals surface area contributed by atoms with Crippen molar-refractivity contribution in [2.75, 3.05) is 6.26 Å². The molecule has 0 aliphatic heterocycles. The summed E-state index contributed by atoms with van der Waals surface area (Å²) in [6.45, 7) is 5.51. The van der Waals surface area contributed by atoms with Gasteiger partial charge < -0.3 is 0 Å². The third-order valence-corrected chi connectivity index (χ3v) is 2.41. The highest BCUT2D eigenvalue weighted by molar-refractivity contribution is 8.77. The predicted molar refractivity (Wildman–Crippen MR) is 53.6 cm³/mol. The molecule has 0 amide bonds. The number of hydrogen-bond donors (Lipinski definition) is 0. The molecule has 0 bridgehead atoms. The third-order valence-electron chi connectivity index (χ3n) is 0.723. The van der Waals surface area contributed by atoms with Crippen molar-refractivity contribution in [2.45, 2.75) is 6.92 Å². The van der Waals surface area contributed by atoms with E-state index in [1.165, 1.54) is 0 Å². The van der Waals surface area contributed by atoms with E-state index < -0.39 is 0 Å². The van der Waals surface area contributed by atoms with Crippen LogP contribution in [0.2, 0.25) is 0 Å². The zero-order valence-corrected chi connectivity index (χ0v) is 7.84. The van der Waals surface area contributed by atoms with Crippen molar-refractivity contribution in [1.29, 1.82) is 0 Å². The zero-order chi connectivity index (χ0) is 7.82. The molecule has 0 aromatic rings. The fourth-order valence-electron chi connectivity index (χ4n) is 0.356. The number of hydrogen-bond acceptors (Lipinski definition) is 3. The summed E-state index contributed by atoms with van der Waals surface area (Å²) in [7, 11) is 3.33. The number of aliphatic imine (C=N–C) groups is 1. The molecule has 56 valence electrons. The highest BCUT2D eigenvalue weighted by Crippen LogP contribution is 2.27. The first kappa shape index (κ1) is 9.85. The molecule has 0 spiro atoms. The first-order chi connectivity index (χ1) is 4.85. The van der Waals surface area contributed by atoms with Gasteiger partial charge in [-0.3, -0.25) is 0 Å². The van der Waals surface area contributed by atoms with Crippen LogP contribution in [0.15, 0.2) is 28.8 Å². The molecule has 0 rings (SSSR count). The first-order valence-corrected chi connectivity index (χ1v) is 5.43. The Morgan fingerprint density at radius 3 is 2.70 bits per heavy atom. The topological polar surface area (TPSA) is 12.4 Å². The van der Waals surface area contributed by atoms with Crippen LogP contribution in [0.4, 0.5) is 0 Å². The second-order valence-electron chi connectivity index (χ2n) is 1.39. The maximum atomic E-state index is 4.11. The maximum Gasteiger partial charge on any atom is 0.102 e. The van der Waals surface area contributed by atoms with Gasteiger partial charge in [-0.1, -0.05) is 29.5 Å². The van der Waals surface area contributed by atoms with Gasteiger partial charge in [0.05, 0.1) is 0 Å². The standard InChI is InChI=1S/C7H11NS2/c1-4-6-8-7(5-2)10-9-3/h4-6H,1H2,2-3H3/b7-5+,8-6-. The summed E-state index contributed by atoms with van der Waals surface area (Å²) in [6, 6.07) is 0. The smallest absolute Gasteiger partial charge is 0.102 e. The minimum Gasteiger partial charge on any atom is -0.249 e. The second-order valence-corrected chi connectivity index (χ2v) is 3.81. The largest absolute Gasteiger partial charge is 0.249 e. The second kappa shape index (κ2) is 6.96. The molecular weight excluding hydrogens is 162 g/mol. The molecule has 0 fully saturated rings. The quantitative estimate of drug-likeness (QED) is 0.478. The van der Waals surface area contributed by atoms with E-state index in [0.29, 0.717) is 0 Å².